The summed E-state index contributed by atoms with van der Waals surface area (Å²) in [6, 6.07) is 35.8. The van der Waals surface area contributed by atoms with Gasteiger partial charge in [0.1, 0.15) is 9.52 Å². The van der Waals surface area contributed by atoms with E-state index in [4.69, 9.17) is 24.3 Å². The number of carbonyl (C=O) groups excluding carboxylic acids is 1. The quantitative estimate of drug-likeness (QED) is 0.104. The van der Waals surface area contributed by atoms with Crippen molar-refractivity contribution in [1.29, 1.82) is 0 Å². The molecule has 0 heterocycles. The normalized spacial score (nSPS) is 9.59. The largest absolute Gasteiger partial charge is 0.168 e. The molecule has 0 aromatic heterocycles. The Bertz CT molecular complexity index is 993. The summed E-state index contributed by atoms with van der Waals surface area (Å²) in [6.07, 6.45) is 8.94. The summed E-state index contributed by atoms with van der Waals surface area (Å²) in [6.45, 7) is 2.21. The van der Waals surface area contributed by atoms with Crippen molar-refractivity contribution >= 4 is 55.2 Å². The maximum absolute atomic E-state index is 10.2. The SMILES string of the molecule is CCCCCCCCCC([NH-])=O.[Cl][Ti][Cl].c1ccc([Si]c2ccccc2)cc1.c1ccc2[cH-]ccc2c1. The molecule has 0 aliphatic rings. The number of fused-ring (bicyclic) bond motifs is 1. The molecule has 2 nitrogen and oxygen atoms in total. The topological polar surface area (TPSA) is 40.9 Å². The first kappa shape index (κ1) is 33.3. The average Bonchev–Trinajstić information content (AvgIpc) is 3.40. The summed E-state index contributed by atoms with van der Waals surface area (Å²) >= 11 is -0.556. The maximum Gasteiger partial charge on any atom is 0.121 e. The van der Waals surface area contributed by atoms with Gasteiger partial charge in [0.05, 0.1) is 0 Å². The number of benzene rings is 3. The number of rotatable bonds is 10. The second kappa shape index (κ2) is 23.4. The fourth-order valence-corrected chi connectivity index (χ4v) is 4.57. The number of halogens is 2. The summed E-state index contributed by atoms with van der Waals surface area (Å²) in [4.78, 5) is 10.2. The molecule has 0 aliphatic heterocycles. The van der Waals surface area contributed by atoms with Crippen LogP contribution in [0.1, 0.15) is 58.3 Å². The molecular formula is C31H37Cl2NOSiTi-2. The summed E-state index contributed by atoms with van der Waals surface area (Å²) in [5.41, 5.74) is 6.69. The number of unbranched alkanes of at least 4 members (excludes halogenated alkanes) is 6. The van der Waals surface area contributed by atoms with Crippen LogP contribution in [0.15, 0.2) is 103 Å². The number of hydrogen-bond donors (Lipinski definition) is 0. The van der Waals surface area contributed by atoms with Crippen LogP contribution < -0.4 is 10.4 Å². The van der Waals surface area contributed by atoms with Gasteiger partial charge in [0, 0.05) is 5.91 Å². The Morgan fingerprint density at radius 1 is 0.757 bits per heavy atom. The van der Waals surface area contributed by atoms with Crippen LogP contribution in [0.2, 0.25) is 0 Å². The number of amides is 1. The van der Waals surface area contributed by atoms with Crippen LogP contribution in [0.25, 0.3) is 16.5 Å². The molecule has 0 saturated carbocycles. The van der Waals surface area contributed by atoms with Crippen molar-refractivity contribution in [2.45, 2.75) is 58.3 Å². The predicted octanol–water partition coefficient (Wildman–Crippen LogP) is 8.98. The van der Waals surface area contributed by atoms with Crippen molar-refractivity contribution in [1.82, 2.24) is 0 Å². The first-order valence-electron chi connectivity index (χ1n) is 12.8. The molecule has 0 bridgehead atoms. The van der Waals surface area contributed by atoms with Crippen molar-refractivity contribution in [3.8, 4) is 0 Å². The van der Waals surface area contributed by atoms with Crippen LogP contribution in [0.5, 0.6) is 0 Å². The molecule has 196 valence electrons. The molecule has 2 radical (unpaired) electrons. The van der Waals surface area contributed by atoms with Gasteiger partial charge < -0.3 is 10.5 Å². The predicted molar refractivity (Wildman–Crippen MR) is 161 cm³/mol. The van der Waals surface area contributed by atoms with Gasteiger partial charge in [-0.3, -0.25) is 0 Å². The first-order valence-corrected chi connectivity index (χ1v) is 18.1. The second-order valence-corrected chi connectivity index (χ2v) is 12.4. The first-order chi connectivity index (χ1) is 18.1. The molecule has 0 unspecified atom stereocenters. The van der Waals surface area contributed by atoms with Gasteiger partial charge in [0.2, 0.25) is 0 Å². The van der Waals surface area contributed by atoms with Gasteiger partial charge in [-0.1, -0.05) is 123 Å². The van der Waals surface area contributed by atoms with E-state index in [1.807, 2.05) is 0 Å². The minimum Gasteiger partial charge on any atom is -0.168 e. The van der Waals surface area contributed by atoms with Crippen molar-refractivity contribution < 1.29 is 21.8 Å². The minimum absolute atomic E-state index is 0.413. The Labute approximate surface area is 242 Å². The van der Waals surface area contributed by atoms with Gasteiger partial charge >= 0.3 is 35.6 Å². The Kier molecular flexibility index (Phi) is 21.0. The van der Waals surface area contributed by atoms with Crippen molar-refractivity contribution in [2.75, 3.05) is 0 Å². The summed E-state index contributed by atoms with van der Waals surface area (Å²) < 4.78 is 0. The Balaban J connectivity index is 0.000000266. The van der Waals surface area contributed by atoms with Gasteiger partial charge in [0.25, 0.3) is 0 Å². The summed E-state index contributed by atoms with van der Waals surface area (Å²) in [7, 11) is 10.6. The van der Waals surface area contributed by atoms with Crippen molar-refractivity contribution in [3.05, 3.63) is 109 Å². The average molecular weight is 587 g/mol. The van der Waals surface area contributed by atoms with Crippen LogP contribution in [0, 0.1) is 0 Å². The molecule has 37 heavy (non-hydrogen) atoms. The van der Waals surface area contributed by atoms with E-state index in [0.29, 0.717) is 6.42 Å². The Hall–Kier alpha value is -1.75. The zero-order valence-corrected chi connectivity index (χ0v) is 25.7. The smallest absolute Gasteiger partial charge is 0.121 e. The van der Waals surface area contributed by atoms with Gasteiger partial charge in [0.15, 0.2) is 0 Å². The fourth-order valence-electron chi connectivity index (χ4n) is 3.52. The number of nitrogens with one attached hydrogen (secondary N) is 1. The van der Waals surface area contributed by atoms with E-state index in [1.165, 1.54) is 53.3 Å². The third kappa shape index (κ3) is 18.2. The van der Waals surface area contributed by atoms with Crippen LogP contribution in [-0.4, -0.2) is 15.4 Å². The van der Waals surface area contributed by atoms with Gasteiger partial charge in [-0.05, 0) is 12.8 Å². The van der Waals surface area contributed by atoms with Crippen molar-refractivity contribution in [3.63, 3.8) is 0 Å². The van der Waals surface area contributed by atoms with Gasteiger partial charge in [-0.25, -0.2) is 0 Å². The van der Waals surface area contributed by atoms with Gasteiger partial charge in [-0.2, -0.15) is 17.5 Å². The molecule has 0 fully saturated rings. The molecule has 1 N–H and O–H groups in total. The molecule has 0 spiro atoms. The molecule has 0 aliphatic carbocycles. The monoisotopic (exact) mass is 585 g/mol. The van der Waals surface area contributed by atoms with E-state index in [0.717, 1.165) is 22.4 Å². The third-order valence-electron chi connectivity index (χ3n) is 5.39. The Morgan fingerprint density at radius 2 is 1.24 bits per heavy atom. The van der Waals surface area contributed by atoms with E-state index < -0.39 is 22.9 Å². The second-order valence-electron chi connectivity index (χ2n) is 8.38. The number of carbonyl (C=O) groups is 1. The van der Waals surface area contributed by atoms with E-state index in [2.05, 4.69) is 110 Å². The maximum atomic E-state index is 10.2. The van der Waals surface area contributed by atoms with E-state index in [9.17, 15) is 4.79 Å². The summed E-state index contributed by atoms with van der Waals surface area (Å²) in [5.74, 6) is -0.413. The van der Waals surface area contributed by atoms with Crippen LogP contribution in [-0.2, 0) is 21.8 Å². The molecule has 0 atom stereocenters. The Morgan fingerprint density at radius 3 is 1.76 bits per heavy atom. The molecule has 1 amide bonds. The molecule has 6 heteroatoms. The molecule has 4 aromatic rings. The van der Waals surface area contributed by atoms with Crippen LogP contribution >= 0.6 is 18.6 Å². The molecule has 4 rings (SSSR count). The molecular weight excluding hydrogens is 549 g/mol. The van der Waals surface area contributed by atoms with Gasteiger partial charge in [-0.15, -0.1) is 29.7 Å². The standard InChI is InChI=1S/C12H10Si.C10H21NO.C9H7.2ClH.Ti/c1-3-7-11(8-4-1)13-12-9-5-2-6-10-12;1-2-3-4-5-6-7-8-9-10(11)12;1-2-5-9-7-3-6-8(9)4-1;;;/h1-10H;2-9H2,1H3,(H2,11,12);1-7H;2*1H;/q;;-1;;;+2/p-3. The summed E-state index contributed by atoms with van der Waals surface area (Å²) in [5, 5.41) is 5.46. The molecule has 4 aromatic carbocycles. The zero-order valence-electron chi connectivity index (χ0n) is 21.6. The fraction of sp³-hybridized carbons (Fsp3) is 0.290. The van der Waals surface area contributed by atoms with E-state index in [1.54, 1.807) is 0 Å². The third-order valence-corrected chi connectivity index (χ3v) is 6.64. The van der Waals surface area contributed by atoms with Crippen molar-refractivity contribution in [2.24, 2.45) is 0 Å². The van der Waals surface area contributed by atoms with Crippen LogP contribution in [0.4, 0.5) is 0 Å². The van der Waals surface area contributed by atoms with E-state index in [-0.39, 0.29) is 0 Å². The molecule has 0 saturated heterocycles. The van der Waals surface area contributed by atoms with Crippen LogP contribution in [0.3, 0.4) is 0 Å². The minimum atomic E-state index is -0.556. The zero-order chi connectivity index (χ0) is 27.0. The number of hydrogen-bond acceptors (Lipinski definition) is 1. The van der Waals surface area contributed by atoms with E-state index >= 15 is 0 Å².